The maximum atomic E-state index is 13.8. The van der Waals surface area contributed by atoms with Gasteiger partial charge in [-0.3, -0.25) is 14.6 Å². The van der Waals surface area contributed by atoms with Gasteiger partial charge in [0.25, 0.3) is 5.91 Å². The van der Waals surface area contributed by atoms with Crippen LogP contribution in [-0.4, -0.2) is 85.9 Å². The van der Waals surface area contributed by atoms with Crippen LogP contribution in [0.4, 0.5) is 16.2 Å². The third-order valence-electron chi connectivity index (χ3n) is 8.78. The Morgan fingerprint density at radius 1 is 1.21 bits per heavy atom. The van der Waals surface area contributed by atoms with Crippen LogP contribution in [0, 0.1) is 19.8 Å². The number of nitrogens with zero attached hydrogens (tertiary/aromatic N) is 3. The van der Waals surface area contributed by atoms with E-state index < -0.39 is 50.2 Å². The highest BCUT2D eigenvalue weighted by Crippen LogP contribution is 2.60. The van der Waals surface area contributed by atoms with Crippen LogP contribution in [0.3, 0.4) is 0 Å². The minimum absolute atomic E-state index is 0.00297. The standard InChI is InChI=1S/C25H35N4O9P/c1-11-6-15-19-18(13(11)3)24(4,5)8-14-7-12(2)25(29(14)19)21(26-23(34)27-22(25)33)28(15)9-16(30)20(32)17(31)10-38-39(35,36)37/h6,12,14,16-17,20,30-32H,7-10H2,1-5H3,(H,27,33,34)(H2,35,36,37)/t12-,14-,16+,17-,20+,25+/m1/s1. The largest absolute Gasteiger partial charge is 0.469 e. The van der Waals surface area contributed by atoms with Crippen LogP contribution in [-0.2, 0) is 19.3 Å². The summed E-state index contributed by atoms with van der Waals surface area (Å²) in [4.78, 5) is 52.1. The predicted octanol–water partition coefficient (Wildman–Crippen LogP) is 0.599. The van der Waals surface area contributed by atoms with Gasteiger partial charge in [0.15, 0.2) is 11.4 Å². The van der Waals surface area contributed by atoms with Crippen molar-refractivity contribution in [3.8, 4) is 0 Å². The molecule has 5 rings (SSSR count). The van der Waals surface area contributed by atoms with E-state index in [9.17, 15) is 29.5 Å². The molecule has 13 nitrogen and oxygen atoms in total. The van der Waals surface area contributed by atoms with Gasteiger partial charge in [-0.1, -0.05) is 20.8 Å². The highest BCUT2D eigenvalue weighted by molar-refractivity contribution is 7.46. The number of aliphatic imine (C=N–C) groups is 1. The molecule has 4 aliphatic rings. The average molecular weight is 567 g/mol. The van der Waals surface area contributed by atoms with E-state index in [1.165, 1.54) is 0 Å². The molecule has 6 atom stereocenters. The number of anilines is 2. The van der Waals surface area contributed by atoms with Crippen molar-refractivity contribution in [1.29, 1.82) is 0 Å². The van der Waals surface area contributed by atoms with Crippen molar-refractivity contribution in [1.82, 2.24) is 5.32 Å². The first kappa shape index (κ1) is 28.2. The fourth-order valence-corrected chi connectivity index (χ4v) is 7.50. The second kappa shape index (κ2) is 9.07. The van der Waals surface area contributed by atoms with Gasteiger partial charge in [-0.05, 0) is 60.8 Å². The number of hydrogen-bond donors (Lipinski definition) is 6. The monoisotopic (exact) mass is 566 g/mol. The molecule has 0 bridgehead atoms. The molecule has 0 saturated carbocycles. The van der Waals surface area contributed by atoms with Gasteiger partial charge in [-0.15, -0.1) is 0 Å². The van der Waals surface area contributed by atoms with Gasteiger partial charge in [0, 0.05) is 6.04 Å². The minimum atomic E-state index is -4.92. The number of aryl methyl sites for hydroxylation is 1. The van der Waals surface area contributed by atoms with Crippen LogP contribution in [0.25, 0.3) is 0 Å². The van der Waals surface area contributed by atoms with E-state index >= 15 is 0 Å². The van der Waals surface area contributed by atoms with E-state index in [2.05, 4.69) is 33.6 Å². The third-order valence-corrected chi connectivity index (χ3v) is 9.27. The summed E-state index contributed by atoms with van der Waals surface area (Å²) in [5, 5.41) is 34.3. The lowest BCUT2D eigenvalue weighted by Gasteiger charge is -2.57. The van der Waals surface area contributed by atoms with Crippen molar-refractivity contribution in [2.24, 2.45) is 10.9 Å². The fraction of sp³-hybridized carbons (Fsp3) is 0.640. The molecule has 0 unspecified atom stereocenters. The Bertz CT molecular complexity index is 1330. The van der Waals surface area contributed by atoms with Crippen LogP contribution in [0.2, 0.25) is 0 Å². The van der Waals surface area contributed by atoms with Crippen molar-refractivity contribution in [3.63, 3.8) is 0 Å². The molecule has 6 N–H and O–H groups in total. The van der Waals surface area contributed by atoms with E-state index in [1.807, 2.05) is 26.8 Å². The molecule has 14 heteroatoms. The van der Waals surface area contributed by atoms with Crippen LogP contribution >= 0.6 is 7.82 Å². The van der Waals surface area contributed by atoms with Crippen molar-refractivity contribution in [2.45, 2.75) is 82.8 Å². The van der Waals surface area contributed by atoms with Crippen LogP contribution in [0.15, 0.2) is 11.1 Å². The maximum Gasteiger partial charge on any atom is 0.469 e. The van der Waals surface area contributed by atoms with Crippen molar-refractivity contribution in [2.75, 3.05) is 23.0 Å². The Labute approximate surface area is 225 Å². The molecule has 1 spiro atoms. The molecule has 0 aliphatic carbocycles. The molecule has 4 aliphatic heterocycles. The summed E-state index contributed by atoms with van der Waals surface area (Å²) < 4.78 is 15.3. The normalized spacial score (nSPS) is 29.3. The number of phosphoric acid groups is 1. The molecule has 4 heterocycles. The first-order chi connectivity index (χ1) is 18.0. The molecule has 0 aromatic heterocycles. The molecule has 214 valence electrons. The van der Waals surface area contributed by atoms with Crippen molar-refractivity contribution < 1.29 is 43.8 Å². The summed E-state index contributed by atoms with van der Waals surface area (Å²) in [6.07, 6.45) is -3.91. The maximum absolute atomic E-state index is 13.8. The number of amides is 3. The lowest BCUT2D eigenvalue weighted by molar-refractivity contribution is -0.124. The second-order valence-electron chi connectivity index (χ2n) is 11.8. The Kier molecular flexibility index (Phi) is 6.55. The predicted molar refractivity (Wildman–Crippen MR) is 141 cm³/mol. The molecule has 39 heavy (non-hydrogen) atoms. The van der Waals surface area contributed by atoms with Crippen LogP contribution < -0.4 is 15.1 Å². The summed E-state index contributed by atoms with van der Waals surface area (Å²) in [5.74, 6) is -0.616. The Hall–Kier alpha value is -2.38. The Morgan fingerprint density at radius 2 is 1.87 bits per heavy atom. The second-order valence-corrected chi connectivity index (χ2v) is 13.0. The molecule has 1 saturated heterocycles. The van der Waals surface area contributed by atoms with Crippen LogP contribution in [0.1, 0.15) is 50.3 Å². The van der Waals surface area contributed by atoms with Gasteiger partial charge in [0.2, 0.25) is 0 Å². The molecule has 1 fully saturated rings. The Balaban J connectivity index is 1.67. The number of β-amino-alcohol motifs (C(OH)–C–C–N with tert-alkyl or cyclic N) is 1. The Morgan fingerprint density at radius 3 is 2.51 bits per heavy atom. The number of aliphatic hydroxyl groups is 3. The number of aliphatic hydroxyl groups excluding tert-OH is 3. The third kappa shape index (κ3) is 4.14. The number of imide groups is 1. The summed E-state index contributed by atoms with van der Waals surface area (Å²) >= 11 is 0. The zero-order valence-corrected chi connectivity index (χ0v) is 23.3. The lowest BCUT2D eigenvalue weighted by Crippen LogP contribution is -2.75. The molecule has 0 radical (unpaired) electrons. The number of carbonyl (C=O) groups is 2. The fourth-order valence-electron chi connectivity index (χ4n) is 7.15. The number of hydrogen-bond acceptors (Lipinski definition) is 9. The topological polar surface area (TPSA) is 192 Å². The van der Waals surface area contributed by atoms with Gasteiger partial charge in [0.1, 0.15) is 18.3 Å². The van der Waals surface area contributed by atoms with E-state index in [-0.39, 0.29) is 29.8 Å². The molecule has 1 aromatic rings. The molecular weight excluding hydrogens is 531 g/mol. The molecule has 3 amide bonds. The highest BCUT2D eigenvalue weighted by atomic mass is 31.2. The van der Waals surface area contributed by atoms with Gasteiger partial charge in [-0.2, -0.15) is 4.99 Å². The van der Waals surface area contributed by atoms with E-state index in [1.54, 1.807) is 4.90 Å². The van der Waals surface area contributed by atoms with Gasteiger partial charge in [-0.25, -0.2) is 9.36 Å². The van der Waals surface area contributed by atoms with Gasteiger partial charge >= 0.3 is 13.9 Å². The number of benzene rings is 1. The summed E-state index contributed by atoms with van der Waals surface area (Å²) in [7, 11) is -4.92. The SMILES string of the molecule is Cc1cc2c3c(c1C)C(C)(C)C[C@H]1C[C@@H](C)[C@]4(C(=O)NC(=O)N=C4N2C[C@H](O)[C@H](O)[C@H](O)COP(=O)(O)O)N31. The van der Waals surface area contributed by atoms with E-state index in [0.29, 0.717) is 12.1 Å². The number of phosphoric ester groups is 1. The van der Waals surface area contributed by atoms with Gasteiger partial charge < -0.3 is 34.9 Å². The highest BCUT2D eigenvalue weighted by Gasteiger charge is 2.68. The zero-order chi connectivity index (χ0) is 28.8. The number of amidine groups is 1. The van der Waals surface area contributed by atoms with Crippen molar-refractivity contribution >= 4 is 37.0 Å². The molecule has 1 aromatic carbocycles. The smallest absolute Gasteiger partial charge is 0.388 e. The van der Waals surface area contributed by atoms with Crippen molar-refractivity contribution in [3.05, 3.63) is 22.8 Å². The van der Waals surface area contributed by atoms with E-state index in [4.69, 9.17) is 9.79 Å². The summed E-state index contributed by atoms with van der Waals surface area (Å²) in [5.41, 5.74) is 2.94. The van der Waals surface area contributed by atoms with E-state index in [0.717, 1.165) is 28.8 Å². The summed E-state index contributed by atoms with van der Waals surface area (Å²) in [6.45, 7) is 8.97. The first-order valence-electron chi connectivity index (χ1n) is 12.9. The quantitative estimate of drug-likeness (QED) is 0.253. The lowest BCUT2D eigenvalue weighted by atomic mass is 9.70. The van der Waals surface area contributed by atoms with Gasteiger partial charge in [0.05, 0.1) is 24.5 Å². The number of nitrogens with one attached hydrogen (secondary N) is 1. The zero-order valence-electron chi connectivity index (χ0n) is 22.5. The average Bonchev–Trinajstić information content (AvgIpc) is 3.10. The summed E-state index contributed by atoms with van der Waals surface area (Å²) in [6, 6.07) is 1.07. The number of carbonyl (C=O) groups excluding carboxylic acids is 2. The van der Waals surface area contributed by atoms with Crippen LogP contribution in [0.5, 0.6) is 0 Å². The number of urea groups is 1. The first-order valence-corrected chi connectivity index (χ1v) is 14.4. The minimum Gasteiger partial charge on any atom is -0.388 e. The number of rotatable bonds is 7. The molecular formula is C25H35N4O9P.